The minimum atomic E-state index is -0.221. The van der Waals surface area contributed by atoms with Crippen molar-refractivity contribution in [3.05, 3.63) is 34.4 Å². The molecule has 1 saturated carbocycles. The Morgan fingerprint density at radius 3 is 2.19 bits per heavy atom. The van der Waals surface area contributed by atoms with E-state index in [1.54, 1.807) is 0 Å². The van der Waals surface area contributed by atoms with Crippen LogP contribution >= 0.6 is 0 Å². The van der Waals surface area contributed by atoms with Crippen LogP contribution in [0.3, 0.4) is 0 Å². The Morgan fingerprint density at radius 1 is 0.871 bits per heavy atom. The van der Waals surface area contributed by atoms with Crippen molar-refractivity contribution in [2.75, 3.05) is 26.2 Å². The average Bonchev–Trinajstić information content (AvgIpc) is 3.52. The Kier molecular flexibility index (Phi) is 5.89. The molecule has 3 saturated heterocycles. The summed E-state index contributed by atoms with van der Waals surface area (Å²) in [4.78, 5) is 21.0. The summed E-state index contributed by atoms with van der Waals surface area (Å²) in [6, 6.07) is 5.41. The molecule has 1 spiro atoms. The summed E-state index contributed by atoms with van der Waals surface area (Å²) in [5.41, 5.74) is 5.51. The summed E-state index contributed by atoms with van der Waals surface area (Å²) in [5.74, 6) is 1.33. The predicted octanol–water partition coefficient (Wildman–Crippen LogP) is 4.65. The lowest BCUT2D eigenvalue weighted by Crippen LogP contribution is -2.60. The maximum Gasteiger partial charge on any atom is 0.243 e. The molecule has 1 amide bonds. The highest BCUT2D eigenvalue weighted by molar-refractivity contribution is 5.88. The Bertz CT molecular complexity index is 824. The molecule has 5 rings (SSSR count). The minimum Gasteiger partial charge on any atom is -0.338 e. The maximum atomic E-state index is 13.6. The lowest BCUT2D eigenvalue weighted by atomic mass is 9.84. The quantitative estimate of drug-likeness (QED) is 0.689. The highest BCUT2D eigenvalue weighted by atomic mass is 16.2. The van der Waals surface area contributed by atoms with Gasteiger partial charge in [0.1, 0.15) is 5.54 Å². The van der Waals surface area contributed by atoms with Gasteiger partial charge in [0.15, 0.2) is 0 Å². The highest BCUT2D eigenvalue weighted by Crippen LogP contribution is 2.42. The van der Waals surface area contributed by atoms with Crippen molar-refractivity contribution in [1.82, 2.24) is 14.7 Å². The van der Waals surface area contributed by atoms with Crippen molar-refractivity contribution in [3.63, 3.8) is 0 Å². The fourth-order valence-electron chi connectivity index (χ4n) is 6.40. The third-order valence-corrected chi connectivity index (χ3v) is 8.69. The second-order valence-corrected chi connectivity index (χ2v) is 11.1. The summed E-state index contributed by atoms with van der Waals surface area (Å²) in [6.45, 7) is 13.4. The summed E-state index contributed by atoms with van der Waals surface area (Å²) in [5, 5.41) is 0. The van der Waals surface area contributed by atoms with Gasteiger partial charge in [0.2, 0.25) is 5.91 Å². The van der Waals surface area contributed by atoms with Gasteiger partial charge in [-0.05, 0) is 113 Å². The number of likely N-dealkylation sites (tertiary alicyclic amines) is 3. The van der Waals surface area contributed by atoms with E-state index in [1.807, 2.05) is 0 Å². The smallest absolute Gasteiger partial charge is 0.243 e. The number of amides is 1. The van der Waals surface area contributed by atoms with Gasteiger partial charge in [-0.1, -0.05) is 19.1 Å². The first kappa shape index (κ1) is 21.5. The molecule has 170 valence electrons. The van der Waals surface area contributed by atoms with Gasteiger partial charge in [-0.15, -0.1) is 0 Å². The van der Waals surface area contributed by atoms with Gasteiger partial charge < -0.3 is 4.90 Å². The molecule has 4 heteroatoms. The van der Waals surface area contributed by atoms with Gasteiger partial charge in [0.05, 0.1) is 0 Å². The average molecular weight is 424 g/mol. The molecule has 4 fully saturated rings. The fourth-order valence-corrected chi connectivity index (χ4v) is 6.40. The summed E-state index contributed by atoms with van der Waals surface area (Å²) >= 11 is 0. The number of rotatable bonds is 5. The molecule has 1 aromatic rings. The van der Waals surface area contributed by atoms with Crippen molar-refractivity contribution in [2.45, 2.75) is 96.8 Å². The Morgan fingerprint density at radius 2 is 1.52 bits per heavy atom. The minimum absolute atomic E-state index is 0.221. The SMILES string of the molecule is Cc1cc(C)c(CN2CCCC23CCCN(C2CC2)C3=O)cc1CN1CCC(C)CC1. The molecule has 3 aliphatic heterocycles. The topological polar surface area (TPSA) is 26.8 Å². The number of carbonyl (C=O) groups excluding carboxylic acids is 1. The number of nitrogens with zero attached hydrogens (tertiary/aromatic N) is 3. The third kappa shape index (κ3) is 4.18. The van der Waals surface area contributed by atoms with E-state index < -0.39 is 0 Å². The lowest BCUT2D eigenvalue weighted by Gasteiger charge is -2.45. The molecule has 1 unspecified atom stereocenters. The van der Waals surface area contributed by atoms with E-state index in [-0.39, 0.29) is 5.54 Å². The monoisotopic (exact) mass is 423 g/mol. The molecule has 1 aliphatic carbocycles. The van der Waals surface area contributed by atoms with Gasteiger partial charge in [-0.3, -0.25) is 14.6 Å². The van der Waals surface area contributed by atoms with Crippen LogP contribution < -0.4 is 0 Å². The summed E-state index contributed by atoms with van der Waals surface area (Å²) in [7, 11) is 0. The molecule has 3 heterocycles. The normalized spacial score (nSPS) is 28.7. The van der Waals surface area contributed by atoms with Crippen molar-refractivity contribution < 1.29 is 4.79 Å². The zero-order valence-electron chi connectivity index (χ0n) is 20.0. The van der Waals surface area contributed by atoms with E-state index in [4.69, 9.17) is 0 Å². The molecule has 0 N–H and O–H groups in total. The van der Waals surface area contributed by atoms with Crippen LogP contribution in [0.25, 0.3) is 0 Å². The van der Waals surface area contributed by atoms with Crippen LogP contribution in [0.5, 0.6) is 0 Å². The van der Waals surface area contributed by atoms with E-state index in [0.717, 1.165) is 51.4 Å². The van der Waals surface area contributed by atoms with Crippen LogP contribution in [0.15, 0.2) is 12.1 Å². The standard InChI is InChI=1S/C27H41N3O/c1-20-8-14-28(15-9-20)18-23-17-24(22(3)16-21(23)2)19-29-12-4-10-27(29)11-5-13-30(26(27)31)25-6-7-25/h16-17,20,25H,4-15,18-19H2,1-3H3. The van der Waals surface area contributed by atoms with Crippen molar-refractivity contribution in [2.24, 2.45) is 5.92 Å². The molecule has 4 nitrogen and oxygen atoms in total. The van der Waals surface area contributed by atoms with E-state index >= 15 is 0 Å². The van der Waals surface area contributed by atoms with E-state index in [1.165, 1.54) is 67.4 Å². The summed E-state index contributed by atoms with van der Waals surface area (Å²) < 4.78 is 0. The maximum absolute atomic E-state index is 13.6. The molecule has 1 atom stereocenters. The molecule has 31 heavy (non-hydrogen) atoms. The molecule has 4 aliphatic rings. The van der Waals surface area contributed by atoms with Crippen LogP contribution in [-0.2, 0) is 17.9 Å². The number of piperidine rings is 2. The Balaban J connectivity index is 1.34. The van der Waals surface area contributed by atoms with Crippen LogP contribution in [0.4, 0.5) is 0 Å². The molecule has 0 radical (unpaired) electrons. The Hall–Kier alpha value is -1.39. The largest absolute Gasteiger partial charge is 0.338 e. The fraction of sp³-hybridized carbons (Fsp3) is 0.741. The number of benzene rings is 1. The number of carbonyl (C=O) groups is 1. The third-order valence-electron chi connectivity index (χ3n) is 8.69. The van der Waals surface area contributed by atoms with Gasteiger partial charge in [0.25, 0.3) is 0 Å². The molecule has 1 aromatic carbocycles. The van der Waals surface area contributed by atoms with Crippen LogP contribution in [-0.4, -0.2) is 58.4 Å². The van der Waals surface area contributed by atoms with Gasteiger partial charge >= 0.3 is 0 Å². The first-order valence-electron chi connectivity index (χ1n) is 12.8. The second-order valence-electron chi connectivity index (χ2n) is 11.1. The first-order chi connectivity index (χ1) is 15.0. The van der Waals surface area contributed by atoms with Gasteiger partial charge in [-0.25, -0.2) is 0 Å². The summed E-state index contributed by atoms with van der Waals surface area (Å²) in [6.07, 6.45) is 9.53. The van der Waals surface area contributed by atoms with E-state index in [0.29, 0.717) is 11.9 Å². The van der Waals surface area contributed by atoms with E-state index in [2.05, 4.69) is 47.6 Å². The number of hydrogen-bond acceptors (Lipinski definition) is 3. The highest BCUT2D eigenvalue weighted by Gasteiger charge is 2.53. The molecular formula is C27H41N3O. The van der Waals surface area contributed by atoms with Crippen LogP contribution in [0, 0.1) is 19.8 Å². The lowest BCUT2D eigenvalue weighted by molar-refractivity contribution is -0.148. The predicted molar refractivity (Wildman–Crippen MR) is 126 cm³/mol. The van der Waals surface area contributed by atoms with Crippen molar-refractivity contribution in [3.8, 4) is 0 Å². The van der Waals surface area contributed by atoms with Crippen molar-refractivity contribution in [1.29, 1.82) is 0 Å². The molecular weight excluding hydrogens is 382 g/mol. The van der Waals surface area contributed by atoms with Crippen LogP contribution in [0.1, 0.15) is 80.5 Å². The number of aryl methyl sites for hydroxylation is 2. The second kappa shape index (κ2) is 8.51. The number of hydrogen-bond donors (Lipinski definition) is 0. The zero-order chi connectivity index (χ0) is 21.6. The van der Waals surface area contributed by atoms with Gasteiger partial charge in [0, 0.05) is 25.7 Å². The van der Waals surface area contributed by atoms with E-state index in [9.17, 15) is 4.79 Å². The molecule has 0 aromatic heterocycles. The zero-order valence-corrected chi connectivity index (χ0v) is 20.0. The molecule has 0 bridgehead atoms. The Labute approximate surface area is 189 Å². The van der Waals surface area contributed by atoms with Gasteiger partial charge in [-0.2, -0.15) is 0 Å². The van der Waals surface area contributed by atoms with Crippen LogP contribution in [0.2, 0.25) is 0 Å². The first-order valence-corrected chi connectivity index (χ1v) is 12.8. The van der Waals surface area contributed by atoms with Crippen molar-refractivity contribution >= 4 is 5.91 Å².